The smallest absolute Gasteiger partial charge is 0.190 e. The van der Waals surface area contributed by atoms with Crippen molar-refractivity contribution in [3.05, 3.63) is 66.2 Å². The normalized spacial score (nSPS) is 12.0. The molecule has 0 spiro atoms. The molecule has 134 valence electrons. The average molecular weight is 359 g/mol. The van der Waals surface area contributed by atoms with E-state index in [1.165, 1.54) is 5.56 Å². The van der Waals surface area contributed by atoms with Gasteiger partial charge in [-0.2, -0.15) is 0 Å². The Labute approximate surface area is 150 Å². The van der Waals surface area contributed by atoms with E-state index >= 15 is 0 Å². The predicted octanol–water partition coefficient (Wildman–Crippen LogP) is 2.26. The van der Waals surface area contributed by atoms with Crippen molar-refractivity contribution in [2.24, 2.45) is 4.99 Å². The maximum atomic E-state index is 12.2. The Hall–Kier alpha value is -2.34. The number of rotatable bonds is 8. The summed E-state index contributed by atoms with van der Waals surface area (Å²) >= 11 is 0. The zero-order valence-electron chi connectivity index (χ0n) is 14.5. The van der Waals surface area contributed by atoms with Gasteiger partial charge < -0.3 is 10.6 Å². The monoisotopic (exact) mass is 359 g/mol. The predicted molar refractivity (Wildman–Crippen MR) is 103 cm³/mol. The summed E-state index contributed by atoms with van der Waals surface area (Å²) in [5.41, 5.74) is 1.26. The molecule has 0 heterocycles. The van der Waals surface area contributed by atoms with Crippen molar-refractivity contribution < 1.29 is 8.42 Å². The topological polar surface area (TPSA) is 70.6 Å². The Morgan fingerprint density at radius 1 is 0.920 bits per heavy atom. The van der Waals surface area contributed by atoms with Gasteiger partial charge in [-0.3, -0.25) is 4.99 Å². The Kier molecular flexibility index (Phi) is 7.47. The summed E-state index contributed by atoms with van der Waals surface area (Å²) < 4.78 is 24.4. The number of guanidine groups is 1. The van der Waals surface area contributed by atoms with Crippen LogP contribution in [0.15, 0.2) is 70.6 Å². The quantitative estimate of drug-likeness (QED) is 0.431. The van der Waals surface area contributed by atoms with Crippen LogP contribution in [-0.2, 0) is 16.3 Å². The molecule has 0 unspecified atom stereocenters. The molecule has 2 rings (SSSR count). The summed E-state index contributed by atoms with van der Waals surface area (Å²) in [5, 5.41) is 6.39. The summed E-state index contributed by atoms with van der Waals surface area (Å²) in [4.78, 5) is 4.53. The first-order valence-electron chi connectivity index (χ1n) is 8.38. The van der Waals surface area contributed by atoms with Crippen molar-refractivity contribution in [2.45, 2.75) is 17.7 Å². The fourth-order valence-corrected chi connectivity index (χ4v) is 3.74. The van der Waals surface area contributed by atoms with Gasteiger partial charge >= 0.3 is 0 Å². The zero-order valence-corrected chi connectivity index (χ0v) is 15.3. The highest BCUT2D eigenvalue weighted by Gasteiger charge is 2.13. The van der Waals surface area contributed by atoms with Gasteiger partial charge in [0.15, 0.2) is 15.8 Å². The van der Waals surface area contributed by atoms with Crippen LogP contribution in [0.3, 0.4) is 0 Å². The van der Waals surface area contributed by atoms with E-state index in [0.29, 0.717) is 23.8 Å². The third kappa shape index (κ3) is 6.58. The van der Waals surface area contributed by atoms with Crippen molar-refractivity contribution in [1.29, 1.82) is 0 Å². The lowest BCUT2D eigenvalue weighted by Crippen LogP contribution is -2.39. The molecule has 0 radical (unpaired) electrons. The molecule has 0 aliphatic heterocycles. The summed E-state index contributed by atoms with van der Waals surface area (Å²) in [6, 6.07) is 18.8. The lowest BCUT2D eigenvalue weighted by atomic mass is 10.1. The third-order valence-corrected chi connectivity index (χ3v) is 5.57. The fraction of sp³-hybridized carbons (Fsp3) is 0.316. The lowest BCUT2D eigenvalue weighted by Gasteiger charge is -2.12. The van der Waals surface area contributed by atoms with E-state index in [0.717, 1.165) is 13.0 Å². The second-order valence-electron chi connectivity index (χ2n) is 5.65. The number of hydrogen-bond donors (Lipinski definition) is 2. The number of hydrogen-bond acceptors (Lipinski definition) is 3. The van der Waals surface area contributed by atoms with E-state index in [9.17, 15) is 8.42 Å². The van der Waals surface area contributed by atoms with Crippen LogP contribution >= 0.6 is 0 Å². The zero-order chi connectivity index (χ0) is 18.0. The standard InChI is InChI=1S/C19H25N3O2S/c1-20-19(22-15-13-17-9-4-2-5-10-17)21-14-8-16-25(23,24)18-11-6-3-7-12-18/h2-7,9-12H,8,13-16H2,1H3,(H2,20,21,22). The van der Waals surface area contributed by atoms with Crippen LogP contribution in [-0.4, -0.2) is 40.3 Å². The Balaban J connectivity index is 1.69. The molecule has 5 nitrogen and oxygen atoms in total. The second kappa shape index (κ2) is 9.84. The lowest BCUT2D eigenvalue weighted by molar-refractivity contribution is 0.592. The molecule has 0 aliphatic rings. The van der Waals surface area contributed by atoms with Gasteiger partial charge in [-0.15, -0.1) is 0 Å². The van der Waals surface area contributed by atoms with Crippen LogP contribution in [0.4, 0.5) is 0 Å². The molecule has 0 aliphatic carbocycles. The summed E-state index contributed by atoms with van der Waals surface area (Å²) in [6.07, 6.45) is 1.43. The SMILES string of the molecule is CN=C(NCCCS(=O)(=O)c1ccccc1)NCCc1ccccc1. The highest BCUT2D eigenvalue weighted by Crippen LogP contribution is 2.10. The molecule has 0 saturated heterocycles. The summed E-state index contributed by atoms with van der Waals surface area (Å²) in [5.74, 6) is 0.804. The highest BCUT2D eigenvalue weighted by molar-refractivity contribution is 7.91. The molecule has 0 atom stereocenters. The number of sulfone groups is 1. The molecule has 0 aromatic heterocycles. The van der Waals surface area contributed by atoms with E-state index in [4.69, 9.17) is 0 Å². The van der Waals surface area contributed by atoms with Gasteiger partial charge in [-0.05, 0) is 30.5 Å². The van der Waals surface area contributed by atoms with Crippen LogP contribution in [0.1, 0.15) is 12.0 Å². The Morgan fingerprint density at radius 3 is 2.16 bits per heavy atom. The second-order valence-corrected chi connectivity index (χ2v) is 7.76. The Morgan fingerprint density at radius 2 is 1.52 bits per heavy atom. The van der Waals surface area contributed by atoms with E-state index in [1.807, 2.05) is 24.3 Å². The van der Waals surface area contributed by atoms with E-state index < -0.39 is 9.84 Å². The van der Waals surface area contributed by atoms with E-state index in [1.54, 1.807) is 31.3 Å². The van der Waals surface area contributed by atoms with Gasteiger partial charge in [0.1, 0.15) is 0 Å². The largest absolute Gasteiger partial charge is 0.356 e. The number of aliphatic imine (C=N–C) groups is 1. The minimum Gasteiger partial charge on any atom is -0.356 e. The molecule has 0 saturated carbocycles. The molecular formula is C19H25N3O2S. The number of benzene rings is 2. The third-order valence-electron chi connectivity index (χ3n) is 3.76. The molecule has 2 aromatic rings. The first kappa shape index (κ1) is 19.0. The molecule has 6 heteroatoms. The molecule has 0 bridgehead atoms. The first-order chi connectivity index (χ1) is 12.1. The molecule has 0 amide bonds. The highest BCUT2D eigenvalue weighted by atomic mass is 32.2. The van der Waals surface area contributed by atoms with Crippen LogP contribution in [0, 0.1) is 0 Å². The maximum Gasteiger partial charge on any atom is 0.190 e. The van der Waals surface area contributed by atoms with Crippen LogP contribution in [0.2, 0.25) is 0 Å². The maximum absolute atomic E-state index is 12.2. The summed E-state index contributed by atoms with van der Waals surface area (Å²) in [6.45, 7) is 1.32. The fourth-order valence-electron chi connectivity index (χ4n) is 2.41. The van der Waals surface area contributed by atoms with Gasteiger partial charge in [-0.1, -0.05) is 48.5 Å². The minimum absolute atomic E-state index is 0.116. The number of nitrogens with one attached hydrogen (secondary N) is 2. The van der Waals surface area contributed by atoms with Gasteiger partial charge in [0.2, 0.25) is 0 Å². The minimum atomic E-state index is -3.22. The van der Waals surface area contributed by atoms with E-state index in [-0.39, 0.29) is 5.75 Å². The van der Waals surface area contributed by atoms with Crippen molar-refractivity contribution >= 4 is 15.8 Å². The average Bonchev–Trinajstić information content (AvgIpc) is 2.65. The molecule has 25 heavy (non-hydrogen) atoms. The summed E-state index contributed by atoms with van der Waals surface area (Å²) in [7, 11) is -1.51. The van der Waals surface area contributed by atoms with Gasteiger partial charge in [0, 0.05) is 20.1 Å². The van der Waals surface area contributed by atoms with Crippen molar-refractivity contribution in [3.8, 4) is 0 Å². The van der Waals surface area contributed by atoms with E-state index in [2.05, 4.69) is 27.8 Å². The molecule has 2 N–H and O–H groups in total. The number of nitrogens with zero attached hydrogens (tertiary/aromatic N) is 1. The van der Waals surface area contributed by atoms with Gasteiger partial charge in [0.25, 0.3) is 0 Å². The first-order valence-corrected chi connectivity index (χ1v) is 10.0. The van der Waals surface area contributed by atoms with Crippen molar-refractivity contribution in [3.63, 3.8) is 0 Å². The van der Waals surface area contributed by atoms with Crippen LogP contribution < -0.4 is 10.6 Å². The van der Waals surface area contributed by atoms with Crippen LogP contribution in [0.25, 0.3) is 0 Å². The van der Waals surface area contributed by atoms with Crippen molar-refractivity contribution in [1.82, 2.24) is 10.6 Å². The Bertz CT molecular complexity index is 760. The van der Waals surface area contributed by atoms with Gasteiger partial charge in [-0.25, -0.2) is 8.42 Å². The molecule has 0 fully saturated rings. The van der Waals surface area contributed by atoms with Gasteiger partial charge in [0.05, 0.1) is 10.6 Å². The van der Waals surface area contributed by atoms with Crippen molar-refractivity contribution in [2.75, 3.05) is 25.9 Å². The molecule has 2 aromatic carbocycles. The molecular weight excluding hydrogens is 334 g/mol. The van der Waals surface area contributed by atoms with Crippen LogP contribution in [0.5, 0.6) is 0 Å².